The van der Waals surface area contributed by atoms with E-state index >= 15 is 0 Å². The average molecular weight is 341 g/mol. The van der Waals surface area contributed by atoms with Crippen molar-refractivity contribution in [1.29, 1.82) is 0 Å². The smallest absolute Gasteiger partial charge is 0.255 e. The summed E-state index contributed by atoms with van der Waals surface area (Å²) in [6.45, 7) is 8.96. The number of hydrogen-bond donors (Lipinski definition) is 0. The first-order chi connectivity index (χ1) is 12.1. The van der Waals surface area contributed by atoms with E-state index in [0.29, 0.717) is 6.61 Å². The third-order valence-corrected chi connectivity index (χ3v) is 5.08. The second-order valence-corrected chi connectivity index (χ2v) is 6.64. The molecule has 0 radical (unpaired) electrons. The maximum atomic E-state index is 12.8. The maximum Gasteiger partial charge on any atom is 0.255 e. The van der Waals surface area contributed by atoms with Gasteiger partial charge in [-0.05, 0) is 32.0 Å². The highest BCUT2D eigenvalue weighted by Crippen LogP contribution is 2.17. The molecule has 0 atom stereocenters. The molecule has 1 aromatic heterocycles. The van der Waals surface area contributed by atoms with E-state index in [9.17, 15) is 4.79 Å². The Bertz CT molecular complexity index is 716. The molecule has 1 aliphatic rings. The molecule has 0 saturated carbocycles. The first-order valence-electron chi connectivity index (χ1n) is 8.88. The van der Waals surface area contributed by atoms with Crippen LogP contribution in [0.3, 0.4) is 0 Å². The van der Waals surface area contributed by atoms with E-state index in [4.69, 9.17) is 4.74 Å². The van der Waals surface area contributed by atoms with Gasteiger partial charge in [0, 0.05) is 51.2 Å². The van der Waals surface area contributed by atoms with E-state index in [1.165, 1.54) is 0 Å². The second-order valence-electron chi connectivity index (χ2n) is 6.64. The Kier molecular flexibility index (Phi) is 5.43. The number of carbonyl (C=O) groups is 1. The normalized spacial score (nSPS) is 15.4. The Morgan fingerprint density at radius 3 is 2.36 bits per heavy atom. The van der Waals surface area contributed by atoms with Gasteiger partial charge in [0.2, 0.25) is 0 Å². The number of ether oxygens (including phenoxy) is 1. The topological polar surface area (TPSA) is 37.7 Å². The quantitative estimate of drug-likeness (QED) is 0.838. The van der Waals surface area contributed by atoms with Gasteiger partial charge < -0.3 is 14.2 Å². The molecular weight excluding hydrogens is 314 g/mol. The molecule has 1 saturated heterocycles. The highest BCUT2D eigenvalue weighted by molar-refractivity contribution is 5.95. The molecule has 5 heteroatoms. The van der Waals surface area contributed by atoms with Crippen molar-refractivity contribution in [3.8, 4) is 5.75 Å². The van der Waals surface area contributed by atoms with E-state index in [-0.39, 0.29) is 5.91 Å². The van der Waals surface area contributed by atoms with Crippen molar-refractivity contribution in [2.75, 3.05) is 39.3 Å². The second kappa shape index (κ2) is 7.74. The third-order valence-electron chi connectivity index (χ3n) is 5.08. The van der Waals surface area contributed by atoms with Crippen molar-refractivity contribution in [2.24, 2.45) is 7.05 Å². The lowest BCUT2D eigenvalue weighted by molar-refractivity contribution is 0.0619. The van der Waals surface area contributed by atoms with E-state index in [2.05, 4.69) is 9.47 Å². The highest BCUT2D eigenvalue weighted by atomic mass is 16.5. The van der Waals surface area contributed by atoms with Crippen LogP contribution in [0.4, 0.5) is 0 Å². The maximum absolute atomic E-state index is 12.8. The Morgan fingerprint density at radius 1 is 1.08 bits per heavy atom. The number of benzene rings is 1. The number of aromatic nitrogens is 1. The minimum atomic E-state index is 0.154. The lowest BCUT2D eigenvalue weighted by Crippen LogP contribution is -2.49. The van der Waals surface area contributed by atoms with Crippen LogP contribution in [-0.4, -0.2) is 59.6 Å². The van der Waals surface area contributed by atoms with Gasteiger partial charge in [-0.2, -0.15) is 0 Å². The van der Waals surface area contributed by atoms with Crippen LogP contribution in [0.1, 0.15) is 21.7 Å². The number of para-hydroxylation sites is 1. The molecular formula is C20H27N3O2. The molecule has 1 aromatic carbocycles. The third kappa shape index (κ3) is 4.04. The molecule has 0 unspecified atom stereocenters. The first kappa shape index (κ1) is 17.5. The first-order valence-corrected chi connectivity index (χ1v) is 8.88. The predicted octanol–water partition coefficient (Wildman–Crippen LogP) is 2.48. The minimum Gasteiger partial charge on any atom is -0.492 e. The van der Waals surface area contributed by atoms with Gasteiger partial charge in [-0.3, -0.25) is 9.69 Å². The Morgan fingerprint density at radius 2 is 1.76 bits per heavy atom. The summed E-state index contributed by atoms with van der Waals surface area (Å²) in [6.07, 6.45) is 0. The SMILES string of the molecule is Cc1cc(C(=O)N2CCN(CCOc3ccccc3)CC2)c(C)n1C. The van der Waals surface area contributed by atoms with Crippen LogP contribution in [-0.2, 0) is 7.05 Å². The number of carbonyl (C=O) groups excluding carboxylic acids is 1. The molecule has 0 N–H and O–H groups in total. The van der Waals surface area contributed by atoms with Gasteiger partial charge in [-0.1, -0.05) is 18.2 Å². The molecule has 1 aliphatic heterocycles. The van der Waals surface area contributed by atoms with Gasteiger partial charge in [-0.15, -0.1) is 0 Å². The molecule has 5 nitrogen and oxygen atoms in total. The molecule has 1 amide bonds. The Labute approximate surface area is 149 Å². The monoisotopic (exact) mass is 341 g/mol. The molecule has 0 spiro atoms. The molecule has 2 aromatic rings. The van der Waals surface area contributed by atoms with Crippen LogP contribution >= 0.6 is 0 Å². The van der Waals surface area contributed by atoms with Crippen molar-refractivity contribution >= 4 is 5.91 Å². The number of piperazine rings is 1. The molecule has 2 heterocycles. The number of hydrogen-bond acceptors (Lipinski definition) is 3. The summed E-state index contributed by atoms with van der Waals surface area (Å²) in [5.41, 5.74) is 3.00. The van der Waals surface area contributed by atoms with Gasteiger partial charge in [0.05, 0.1) is 5.56 Å². The zero-order valence-electron chi connectivity index (χ0n) is 15.4. The summed E-state index contributed by atoms with van der Waals surface area (Å²) in [6, 6.07) is 11.9. The summed E-state index contributed by atoms with van der Waals surface area (Å²) in [7, 11) is 2.01. The van der Waals surface area contributed by atoms with E-state index < -0.39 is 0 Å². The van der Waals surface area contributed by atoms with E-state index in [1.807, 2.05) is 62.2 Å². The number of rotatable bonds is 5. The van der Waals surface area contributed by atoms with Gasteiger partial charge in [0.1, 0.15) is 12.4 Å². The lowest BCUT2D eigenvalue weighted by atomic mass is 10.2. The molecule has 0 aliphatic carbocycles. The summed E-state index contributed by atoms with van der Waals surface area (Å²) < 4.78 is 7.83. The van der Waals surface area contributed by atoms with Crippen molar-refractivity contribution in [2.45, 2.75) is 13.8 Å². The average Bonchev–Trinajstić information content (AvgIpc) is 2.90. The van der Waals surface area contributed by atoms with Crippen molar-refractivity contribution in [1.82, 2.24) is 14.4 Å². The fourth-order valence-electron chi connectivity index (χ4n) is 3.23. The zero-order chi connectivity index (χ0) is 17.8. The predicted molar refractivity (Wildman–Crippen MR) is 99.2 cm³/mol. The van der Waals surface area contributed by atoms with Gasteiger partial charge >= 0.3 is 0 Å². The van der Waals surface area contributed by atoms with Crippen molar-refractivity contribution in [3.05, 3.63) is 53.3 Å². The molecule has 25 heavy (non-hydrogen) atoms. The van der Waals surface area contributed by atoms with Crippen molar-refractivity contribution < 1.29 is 9.53 Å². The molecule has 134 valence electrons. The zero-order valence-corrected chi connectivity index (χ0v) is 15.4. The highest BCUT2D eigenvalue weighted by Gasteiger charge is 2.24. The van der Waals surface area contributed by atoms with Gasteiger partial charge in [0.15, 0.2) is 0 Å². The number of amides is 1. The summed E-state index contributed by atoms with van der Waals surface area (Å²) in [5, 5.41) is 0. The van der Waals surface area contributed by atoms with Crippen LogP contribution in [0.15, 0.2) is 36.4 Å². The Hall–Kier alpha value is -2.27. The summed E-state index contributed by atoms with van der Waals surface area (Å²) in [5.74, 6) is 1.06. The number of nitrogens with zero attached hydrogens (tertiary/aromatic N) is 3. The van der Waals surface area contributed by atoms with E-state index in [1.54, 1.807) is 0 Å². The van der Waals surface area contributed by atoms with E-state index in [0.717, 1.165) is 55.4 Å². The van der Waals surface area contributed by atoms with Crippen LogP contribution in [0.2, 0.25) is 0 Å². The molecule has 0 bridgehead atoms. The minimum absolute atomic E-state index is 0.154. The lowest BCUT2D eigenvalue weighted by Gasteiger charge is -2.34. The fraction of sp³-hybridized carbons (Fsp3) is 0.450. The van der Waals surface area contributed by atoms with Crippen LogP contribution in [0, 0.1) is 13.8 Å². The molecule has 3 rings (SSSR count). The molecule has 1 fully saturated rings. The van der Waals surface area contributed by atoms with Crippen LogP contribution < -0.4 is 4.74 Å². The van der Waals surface area contributed by atoms with Crippen LogP contribution in [0.25, 0.3) is 0 Å². The standard InChI is InChI=1S/C20H27N3O2/c1-16-15-19(17(2)21(16)3)20(24)23-11-9-22(10-12-23)13-14-25-18-7-5-4-6-8-18/h4-8,15H,9-14H2,1-3H3. The van der Waals surface area contributed by atoms with Gasteiger partial charge in [-0.25, -0.2) is 0 Å². The number of aryl methyl sites for hydroxylation is 1. The largest absolute Gasteiger partial charge is 0.492 e. The van der Waals surface area contributed by atoms with Crippen molar-refractivity contribution in [3.63, 3.8) is 0 Å². The fourth-order valence-corrected chi connectivity index (χ4v) is 3.23. The van der Waals surface area contributed by atoms with Gasteiger partial charge in [0.25, 0.3) is 5.91 Å². The summed E-state index contributed by atoms with van der Waals surface area (Å²) in [4.78, 5) is 17.1. The van der Waals surface area contributed by atoms with Crippen LogP contribution in [0.5, 0.6) is 5.75 Å². The summed E-state index contributed by atoms with van der Waals surface area (Å²) >= 11 is 0. The Balaban J connectivity index is 1.46.